The van der Waals surface area contributed by atoms with Crippen molar-refractivity contribution < 1.29 is 14.4 Å². The van der Waals surface area contributed by atoms with E-state index in [-0.39, 0.29) is 17.9 Å². The van der Waals surface area contributed by atoms with E-state index < -0.39 is 4.92 Å². The molecule has 0 aliphatic carbocycles. The number of nitro groups is 1. The van der Waals surface area contributed by atoms with Crippen molar-refractivity contribution in [3.05, 3.63) is 110 Å². The molecule has 0 saturated carbocycles. The highest BCUT2D eigenvalue weighted by molar-refractivity contribution is 5.66. The van der Waals surface area contributed by atoms with Gasteiger partial charge in [0.15, 0.2) is 11.4 Å². The van der Waals surface area contributed by atoms with Crippen molar-refractivity contribution in [2.45, 2.75) is 20.5 Å². The molecule has 10 heteroatoms. The largest absolute Gasteiger partial charge is 0.494 e. The van der Waals surface area contributed by atoms with Crippen molar-refractivity contribution in [1.29, 1.82) is 0 Å². The number of fused-ring (bicyclic) bond motifs is 1. The molecule has 0 N–H and O–H groups in total. The second kappa shape index (κ2) is 9.57. The van der Waals surface area contributed by atoms with Crippen molar-refractivity contribution in [2.24, 2.45) is 0 Å². The van der Waals surface area contributed by atoms with Gasteiger partial charge in [0.05, 0.1) is 23.3 Å². The summed E-state index contributed by atoms with van der Waals surface area (Å²) in [4.78, 5) is 28.7. The predicted molar refractivity (Wildman–Crippen MR) is 137 cm³/mol. The Morgan fingerprint density at radius 3 is 2.46 bits per heavy atom. The van der Waals surface area contributed by atoms with Crippen molar-refractivity contribution >= 4 is 11.3 Å². The summed E-state index contributed by atoms with van der Waals surface area (Å²) in [6.45, 7) is 3.84. The van der Waals surface area contributed by atoms with Gasteiger partial charge >= 0.3 is 0 Å². The quantitative estimate of drug-likeness (QED) is 0.237. The summed E-state index contributed by atoms with van der Waals surface area (Å²) in [6, 6.07) is 18.9. The molecule has 0 aliphatic heterocycles. The summed E-state index contributed by atoms with van der Waals surface area (Å²) in [5.74, 6) is 1.09. The lowest BCUT2D eigenvalue weighted by molar-refractivity contribution is -0.384. The molecule has 0 unspecified atom stereocenters. The van der Waals surface area contributed by atoms with Gasteiger partial charge in [-0.1, -0.05) is 12.1 Å². The monoisotopic (exact) mass is 497 g/mol. The zero-order chi connectivity index (χ0) is 26.1. The molecular formula is C27H23N5O5. The van der Waals surface area contributed by atoms with Crippen LogP contribution >= 0.6 is 0 Å². The number of hydrogen-bond acceptors (Lipinski definition) is 7. The molecule has 37 heavy (non-hydrogen) atoms. The maximum absolute atomic E-state index is 13.6. The molecule has 0 saturated heterocycles. The average molecular weight is 498 g/mol. The Kier molecular flexibility index (Phi) is 6.14. The molecule has 3 heterocycles. The van der Waals surface area contributed by atoms with Crippen LogP contribution in [0.25, 0.3) is 22.6 Å². The summed E-state index contributed by atoms with van der Waals surface area (Å²) in [6.07, 6.45) is 1.64. The number of benzene rings is 2. The van der Waals surface area contributed by atoms with Gasteiger partial charge in [-0.3, -0.25) is 19.3 Å². The minimum atomic E-state index is -0.451. The Morgan fingerprint density at radius 1 is 1.00 bits per heavy atom. The first-order valence-electron chi connectivity index (χ1n) is 11.5. The molecule has 0 aliphatic rings. The van der Waals surface area contributed by atoms with Gasteiger partial charge in [-0.25, -0.2) is 9.67 Å². The Hall–Kier alpha value is -4.99. The predicted octanol–water partition coefficient (Wildman–Crippen LogP) is 4.66. The number of non-ortho nitro benzene ring substituents is 1. The lowest BCUT2D eigenvalue weighted by Crippen LogP contribution is -2.19. The van der Waals surface area contributed by atoms with Crippen LogP contribution in [0.4, 0.5) is 5.69 Å². The highest BCUT2D eigenvalue weighted by Gasteiger charge is 2.19. The third kappa shape index (κ3) is 4.40. The first-order chi connectivity index (χ1) is 17.9. The Morgan fingerprint density at radius 2 is 1.73 bits per heavy atom. The van der Waals surface area contributed by atoms with E-state index in [0.717, 1.165) is 16.9 Å². The van der Waals surface area contributed by atoms with Gasteiger partial charge in [0, 0.05) is 24.0 Å². The first-order valence-corrected chi connectivity index (χ1v) is 11.5. The summed E-state index contributed by atoms with van der Waals surface area (Å²) < 4.78 is 14.6. The maximum Gasteiger partial charge on any atom is 0.269 e. The molecule has 0 spiro atoms. The zero-order valence-electron chi connectivity index (χ0n) is 20.4. The Bertz CT molecular complexity index is 1690. The van der Waals surface area contributed by atoms with Gasteiger partial charge in [0.2, 0.25) is 0 Å². The van der Waals surface area contributed by atoms with Crippen LogP contribution in [0.3, 0.4) is 0 Å². The minimum absolute atomic E-state index is 0.00803. The van der Waals surface area contributed by atoms with Gasteiger partial charge in [0.1, 0.15) is 23.7 Å². The molecule has 0 amide bonds. The van der Waals surface area contributed by atoms with E-state index >= 15 is 0 Å². The molecule has 5 rings (SSSR count). The first kappa shape index (κ1) is 23.7. The molecule has 0 fully saturated rings. The average Bonchev–Trinajstić information content (AvgIpc) is 3.28. The molecular weight excluding hydrogens is 474 g/mol. The minimum Gasteiger partial charge on any atom is -0.494 e. The number of nitro benzene ring substituents is 1. The van der Waals surface area contributed by atoms with Gasteiger partial charge in [-0.05, 0) is 61.9 Å². The van der Waals surface area contributed by atoms with Crippen LogP contribution in [0.1, 0.15) is 17.0 Å². The molecule has 0 bridgehead atoms. The second-order valence-corrected chi connectivity index (χ2v) is 8.41. The van der Waals surface area contributed by atoms with E-state index in [1.165, 1.54) is 16.5 Å². The molecule has 2 aromatic carbocycles. The summed E-state index contributed by atoms with van der Waals surface area (Å²) in [7, 11) is 1.60. The molecule has 5 aromatic rings. The molecule has 10 nitrogen and oxygen atoms in total. The number of methoxy groups -OCH3 is 1. The molecule has 186 valence electrons. The van der Waals surface area contributed by atoms with Gasteiger partial charge in [-0.15, -0.1) is 0 Å². The van der Waals surface area contributed by atoms with Gasteiger partial charge < -0.3 is 9.47 Å². The third-order valence-electron chi connectivity index (χ3n) is 6.00. The van der Waals surface area contributed by atoms with Crippen LogP contribution in [-0.2, 0) is 6.61 Å². The number of aromatic nitrogens is 4. The number of rotatable bonds is 7. The number of para-hydroxylation sites is 2. The topological polar surface area (TPSA) is 114 Å². The molecule has 0 radical (unpaired) electrons. The fourth-order valence-electron chi connectivity index (χ4n) is 4.17. The SMILES string of the molecule is COc1ccccc1-n1nc(-c2c(C)nc3c(OCc4ccc([N+](=O)[O-])cc4)cccn3c2=O)cc1C. The van der Waals surface area contributed by atoms with Crippen molar-refractivity contribution in [3.8, 4) is 28.4 Å². The van der Waals surface area contributed by atoms with Crippen molar-refractivity contribution in [2.75, 3.05) is 7.11 Å². The van der Waals surface area contributed by atoms with Crippen LogP contribution in [0.15, 0.2) is 77.7 Å². The summed E-state index contributed by atoms with van der Waals surface area (Å²) in [5, 5.41) is 15.6. The lowest BCUT2D eigenvalue weighted by Gasteiger charge is -2.12. The molecule has 0 atom stereocenters. The summed E-state index contributed by atoms with van der Waals surface area (Å²) >= 11 is 0. The second-order valence-electron chi connectivity index (χ2n) is 8.41. The highest BCUT2D eigenvalue weighted by Crippen LogP contribution is 2.27. The maximum atomic E-state index is 13.6. The van der Waals surface area contributed by atoms with E-state index in [9.17, 15) is 14.9 Å². The van der Waals surface area contributed by atoms with Crippen molar-refractivity contribution in [1.82, 2.24) is 19.2 Å². The zero-order valence-corrected chi connectivity index (χ0v) is 20.4. The normalized spacial score (nSPS) is 11.0. The molecule has 3 aromatic heterocycles. The van der Waals surface area contributed by atoms with E-state index in [1.54, 1.807) is 49.2 Å². The third-order valence-corrected chi connectivity index (χ3v) is 6.00. The fourth-order valence-corrected chi connectivity index (χ4v) is 4.17. The van der Waals surface area contributed by atoms with Crippen molar-refractivity contribution in [3.63, 3.8) is 0 Å². The number of hydrogen-bond donors (Lipinski definition) is 0. The number of pyridine rings is 1. The van der Waals surface area contributed by atoms with Crippen LogP contribution < -0.4 is 15.0 Å². The van der Waals surface area contributed by atoms with Crippen LogP contribution in [-0.4, -0.2) is 31.2 Å². The number of nitrogens with zero attached hydrogens (tertiary/aromatic N) is 5. The number of ether oxygens (including phenoxy) is 2. The fraction of sp³-hybridized carbons (Fsp3) is 0.148. The standard InChI is InChI=1S/C27H23N5O5/c1-17-15-21(29-31(17)22-7-4-5-8-23(22)36-3)25-18(2)28-26-24(9-6-14-30(26)27(25)33)37-16-19-10-12-20(13-11-19)32(34)35/h4-15H,16H2,1-3H3. The Labute approximate surface area is 211 Å². The summed E-state index contributed by atoms with van der Waals surface area (Å²) in [5.41, 5.74) is 3.87. The Balaban J connectivity index is 1.51. The van der Waals surface area contributed by atoms with E-state index in [4.69, 9.17) is 14.6 Å². The smallest absolute Gasteiger partial charge is 0.269 e. The van der Waals surface area contributed by atoms with E-state index in [0.29, 0.717) is 34.1 Å². The van der Waals surface area contributed by atoms with Crippen LogP contribution in [0.5, 0.6) is 11.5 Å². The highest BCUT2D eigenvalue weighted by atomic mass is 16.6. The number of aryl methyl sites for hydroxylation is 2. The van der Waals surface area contributed by atoms with E-state index in [1.807, 2.05) is 37.3 Å². The van der Waals surface area contributed by atoms with Gasteiger partial charge in [0.25, 0.3) is 11.2 Å². The lowest BCUT2D eigenvalue weighted by atomic mass is 10.1. The van der Waals surface area contributed by atoms with Crippen LogP contribution in [0, 0.1) is 24.0 Å². The van der Waals surface area contributed by atoms with Crippen LogP contribution in [0.2, 0.25) is 0 Å². The van der Waals surface area contributed by atoms with Gasteiger partial charge in [-0.2, -0.15) is 5.10 Å². The van der Waals surface area contributed by atoms with E-state index in [2.05, 4.69) is 4.98 Å².